The molecule has 0 unspecified atom stereocenters. The van der Waals surface area contributed by atoms with E-state index in [-0.39, 0.29) is 5.91 Å². The molecule has 1 saturated heterocycles. The first-order valence-corrected chi connectivity index (χ1v) is 5.33. The molecule has 5 nitrogen and oxygen atoms in total. The molecular formula is C10H16N4O. The van der Waals surface area contributed by atoms with E-state index in [1.54, 1.807) is 6.07 Å². The third-order valence-electron chi connectivity index (χ3n) is 2.55. The molecule has 1 aliphatic rings. The Morgan fingerprint density at radius 2 is 2.20 bits per heavy atom. The largest absolute Gasteiger partial charge is 0.286 e. The predicted octanol–water partition coefficient (Wildman–Crippen LogP) is 0.849. The summed E-state index contributed by atoms with van der Waals surface area (Å²) in [5, 5.41) is 8.64. The molecule has 2 heterocycles. The van der Waals surface area contributed by atoms with Gasteiger partial charge in [-0.3, -0.25) is 15.3 Å². The van der Waals surface area contributed by atoms with E-state index in [0.717, 1.165) is 31.6 Å². The summed E-state index contributed by atoms with van der Waals surface area (Å²) in [7, 11) is 0. The van der Waals surface area contributed by atoms with Crippen molar-refractivity contribution in [2.45, 2.75) is 26.2 Å². The summed E-state index contributed by atoms with van der Waals surface area (Å²) in [5.74, 6) is -0.124. The highest BCUT2D eigenvalue weighted by molar-refractivity contribution is 5.91. The molecular weight excluding hydrogens is 192 g/mol. The van der Waals surface area contributed by atoms with Gasteiger partial charge in [-0.05, 0) is 25.8 Å². The van der Waals surface area contributed by atoms with Crippen molar-refractivity contribution in [2.24, 2.45) is 0 Å². The van der Waals surface area contributed by atoms with Crippen molar-refractivity contribution < 1.29 is 4.79 Å². The molecule has 0 radical (unpaired) electrons. The molecule has 1 fully saturated rings. The van der Waals surface area contributed by atoms with E-state index < -0.39 is 0 Å². The van der Waals surface area contributed by atoms with Gasteiger partial charge in [-0.1, -0.05) is 6.42 Å². The van der Waals surface area contributed by atoms with Crippen LogP contribution in [0.4, 0.5) is 0 Å². The van der Waals surface area contributed by atoms with E-state index in [2.05, 4.69) is 15.6 Å². The van der Waals surface area contributed by atoms with Crippen LogP contribution in [-0.2, 0) is 0 Å². The van der Waals surface area contributed by atoms with Crippen LogP contribution in [0.5, 0.6) is 0 Å². The SMILES string of the molecule is Cc1cc(C(=O)NN2CCCCC2)n[nH]1. The molecule has 0 aliphatic carbocycles. The Balaban J connectivity index is 1.91. The van der Waals surface area contributed by atoms with Gasteiger partial charge < -0.3 is 0 Å². The number of hydrogen-bond donors (Lipinski definition) is 2. The van der Waals surface area contributed by atoms with Crippen molar-refractivity contribution in [1.82, 2.24) is 20.6 Å². The second-order valence-electron chi connectivity index (χ2n) is 3.92. The van der Waals surface area contributed by atoms with Gasteiger partial charge in [0.05, 0.1) is 0 Å². The van der Waals surface area contributed by atoms with E-state index in [1.165, 1.54) is 6.42 Å². The molecule has 1 aromatic rings. The Morgan fingerprint density at radius 1 is 1.47 bits per heavy atom. The minimum atomic E-state index is -0.124. The lowest BCUT2D eigenvalue weighted by Crippen LogP contribution is -2.45. The number of H-pyrrole nitrogens is 1. The van der Waals surface area contributed by atoms with Gasteiger partial charge in [0.25, 0.3) is 5.91 Å². The van der Waals surface area contributed by atoms with Crippen LogP contribution in [0.3, 0.4) is 0 Å². The average molecular weight is 208 g/mol. The monoisotopic (exact) mass is 208 g/mol. The molecule has 2 rings (SSSR count). The minimum absolute atomic E-state index is 0.124. The van der Waals surface area contributed by atoms with Crippen molar-refractivity contribution in [3.8, 4) is 0 Å². The summed E-state index contributed by atoms with van der Waals surface area (Å²) in [6.07, 6.45) is 3.56. The van der Waals surface area contributed by atoms with Crippen LogP contribution in [0, 0.1) is 6.92 Å². The van der Waals surface area contributed by atoms with E-state index in [4.69, 9.17) is 0 Å². The number of hydrogen-bond acceptors (Lipinski definition) is 3. The van der Waals surface area contributed by atoms with Gasteiger partial charge in [0, 0.05) is 18.8 Å². The zero-order valence-electron chi connectivity index (χ0n) is 8.92. The maximum absolute atomic E-state index is 11.7. The molecule has 1 amide bonds. The number of carbonyl (C=O) groups excluding carboxylic acids is 1. The van der Waals surface area contributed by atoms with Gasteiger partial charge in [0.15, 0.2) is 5.69 Å². The smallest absolute Gasteiger partial charge is 0.283 e. The fourth-order valence-electron chi connectivity index (χ4n) is 1.74. The third-order valence-corrected chi connectivity index (χ3v) is 2.55. The van der Waals surface area contributed by atoms with Crippen LogP contribution in [0.15, 0.2) is 6.07 Å². The first kappa shape index (κ1) is 10.2. The summed E-state index contributed by atoms with van der Waals surface area (Å²) in [6, 6.07) is 1.75. The molecule has 2 N–H and O–H groups in total. The zero-order valence-corrected chi connectivity index (χ0v) is 8.92. The summed E-state index contributed by atoms with van der Waals surface area (Å²) in [4.78, 5) is 11.7. The molecule has 0 spiro atoms. The molecule has 82 valence electrons. The Labute approximate surface area is 88.8 Å². The maximum Gasteiger partial charge on any atom is 0.286 e. The first-order chi connectivity index (χ1) is 7.25. The molecule has 0 bridgehead atoms. The summed E-state index contributed by atoms with van der Waals surface area (Å²) >= 11 is 0. The second-order valence-corrected chi connectivity index (χ2v) is 3.92. The van der Waals surface area contributed by atoms with E-state index in [0.29, 0.717) is 5.69 Å². The number of nitrogens with one attached hydrogen (secondary N) is 2. The summed E-state index contributed by atoms with van der Waals surface area (Å²) < 4.78 is 0. The number of rotatable bonds is 2. The maximum atomic E-state index is 11.7. The van der Waals surface area contributed by atoms with E-state index in [1.807, 2.05) is 11.9 Å². The van der Waals surface area contributed by atoms with Gasteiger partial charge in [0.1, 0.15) is 0 Å². The first-order valence-electron chi connectivity index (χ1n) is 5.33. The lowest BCUT2D eigenvalue weighted by Gasteiger charge is -2.26. The standard InChI is InChI=1S/C10H16N4O/c1-8-7-9(12-11-8)10(15)13-14-5-3-2-4-6-14/h7H,2-6H2,1H3,(H,11,12)(H,13,15). The molecule has 1 aliphatic heterocycles. The minimum Gasteiger partial charge on any atom is -0.283 e. The zero-order chi connectivity index (χ0) is 10.7. The van der Waals surface area contributed by atoms with Crippen LogP contribution in [0.25, 0.3) is 0 Å². The lowest BCUT2D eigenvalue weighted by molar-refractivity contribution is 0.0744. The molecule has 0 aromatic carbocycles. The van der Waals surface area contributed by atoms with Gasteiger partial charge in [-0.15, -0.1) is 0 Å². The predicted molar refractivity (Wildman–Crippen MR) is 56.2 cm³/mol. The highest BCUT2D eigenvalue weighted by atomic mass is 16.2. The molecule has 0 atom stereocenters. The normalized spacial score (nSPS) is 17.7. The fourth-order valence-corrected chi connectivity index (χ4v) is 1.74. The topological polar surface area (TPSA) is 61.0 Å². The van der Waals surface area contributed by atoms with Gasteiger partial charge in [0.2, 0.25) is 0 Å². The highest BCUT2D eigenvalue weighted by Gasteiger charge is 2.15. The van der Waals surface area contributed by atoms with Crippen LogP contribution in [0.1, 0.15) is 35.4 Å². The van der Waals surface area contributed by atoms with Crippen LogP contribution in [0.2, 0.25) is 0 Å². The van der Waals surface area contributed by atoms with Gasteiger partial charge >= 0.3 is 0 Å². The Kier molecular flexibility index (Phi) is 3.01. The summed E-state index contributed by atoms with van der Waals surface area (Å²) in [5.41, 5.74) is 4.22. The number of amides is 1. The Hall–Kier alpha value is -1.36. The number of carbonyl (C=O) groups is 1. The quantitative estimate of drug-likeness (QED) is 0.757. The number of nitrogens with zero attached hydrogens (tertiary/aromatic N) is 2. The molecule has 5 heteroatoms. The number of hydrazine groups is 1. The Morgan fingerprint density at radius 3 is 2.80 bits per heavy atom. The molecule has 0 saturated carbocycles. The number of piperidine rings is 1. The number of aromatic nitrogens is 2. The Bertz CT molecular complexity index is 341. The van der Waals surface area contributed by atoms with Crippen LogP contribution >= 0.6 is 0 Å². The van der Waals surface area contributed by atoms with Crippen molar-refractivity contribution in [3.05, 3.63) is 17.5 Å². The van der Waals surface area contributed by atoms with E-state index >= 15 is 0 Å². The second kappa shape index (κ2) is 4.44. The summed E-state index contributed by atoms with van der Waals surface area (Å²) in [6.45, 7) is 3.76. The van der Waals surface area contributed by atoms with Crippen molar-refractivity contribution in [3.63, 3.8) is 0 Å². The van der Waals surface area contributed by atoms with Gasteiger partial charge in [-0.25, -0.2) is 5.01 Å². The molecule has 1 aromatic heterocycles. The van der Waals surface area contributed by atoms with Crippen molar-refractivity contribution >= 4 is 5.91 Å². The third kappa shape index (κ3) is 2.56. The van der Waals surface area contributed by atoms with Crippen LogP contribution < -0.4 is 5.43 Å². The van der Waals surface area contributed by atoms with E-state index in [9.17, 15) is 4.79 Å². The lowest BCUT2D eigenvalue weighted by atomic mass is 10.2. The van der Waals surface area contributed by atoms with Gasteiger partial charge in [-0.2, -0.15) is 5.10 Å². The average Bonchev–Trinajstić information content (AvgIpc) is 2.66. The van der Waals surface area contributed by atoms with Crippen molar-refractivity contribution in [1.29, 1.82) is 0 Å². The highest BCUT2D eigenvalue weighted by Crippen LogP contribution is 2.06. The van der Waals surface area contributed by atoms with Crippen molar-refractivity contribution in [2.75, 3.05) is 13.1 Å². The molecule has 15 heavy (non-hydrogen) atoms. The fraction of sp³-hybridized carbons (Fsp3) is 0.600. The number of aromatic amines is 1. The number of aryl methyl sites for hydroxylation is 1. The van der Waals surface area contributed by atoms with Crippen LogP contribution in [-0.4, -0.2) is 34.2 Å².